The van der Waals surface area contributed by atoms with Gasteiger partial charge in [0.1, 0.15) is 11.3 Å². The molecule has 0 saturated heterocycles. The van der Waals surface area contributed by atoms with Crippen molar-refractivity contribution in [1.82, 2.24) is 0 Å². The molecule has 1 radical (unpaired) electrons. The van der Waals surface area contributed by atoms with Crippen molar-refractivity contribution < 1.29 is 19.8 Å². The zero-order valence-corrected chi connectivity index (χ0v) is 12.8. The fourth-order valence-corrected chi connectivity index (χ4v) is 1.58. The number of rotatable bonds is 3. The summed E-state index contributed by atoms with van der Waals surface area (Å²) in [6, 6.07) is 12.4. The Morgan fingerprint density at radius 2 is 1.65 bits per heavy atom. The van der Waals surface area contributed by atoms with Crippen LogP contribution in [-0.4, -0.2) is 51.6 Å². The normalized spacial score (nSPS) is 9.40. The molecule has 20 heavy (non-hydrogen) atoms. The van der Waals surface area contributed by atoms with E-state index >= 15 is 0 Å². The van der Waals surface area contributed by atoms with E-state index in [9.17, 15) is 14.7 Å². The summed E-state index contributed by atoms with van der Waals surface area (Å²) in [6.07, 6.45) is 0. The van der Waals surface area contributed by atoms with E-state index in [1.165, 1.54) is 18.2 Å². The first-order valence-corrected chi connectivity index (χ1v) is 5.50. The van der Waals surface area contributed by atoms with Crippen LogP contribution >= 0.6 is 0 Å². The first-order chi connectivity index (χ1) is 9.08. The van der Waals surface area contributed by atoms with Gasteiger partial charge in [0.25, 0.3) is 5.91 Å². The van der Waals surface area contributed by atoms with Crippen LogP contribution in [0.1, 0.15) is 20.7 Å². The summed E-state index contributed by atoms with van der Waals surface area (Å²) in [5.41, 5.74) is 0.596. The molecule has 0 aromatic heterocycles. The number of hydrogen-bond acceptors (Lipinski definition) is 3. The number of aromatic hydroxyl groups is 1. The predicted octanol–water partition coefficient (Wildman–Crippen LogP) is 1.96. The molecule has 0 saturated carbocycles. The van der Waals surface area contributed by atoms with Crippen molar-refractivity contribution >= 4 is 47.1 Å². The summed E-state index contributed by atoms with van der Waals surface area (Å²) in [5, 5.41) is 20.9. The maximum atomic E-state index is 11.8. The van der Waals surface area contributed by atoms with E-state index in [1.54, 1.807) is 30.3 Å². The van der Waals surface area contributed by atoms with Crippen LogP contribution in [0.15, 0.2) is 48.5 Å². The SMILES string of the molecule is O=C(Nc1ccc(C(=O)O)c(O)c1)c1ccccc1.[Na]. The van der Waals surface area contributed by atoms with Gasteiger partial charge in [0.15, 0.2) is 0 Å². The summed E-state index contributed by atoms with van der Waals surface area (Å²) in [5.74, 6) is -1.94. The fourth-order valence-electron chi connectivity index (χ4n) is 1.58. The zero-order valence-electron chi connectivity index (χ0n) is 10.8. The maximum Gasteiger partial charge on any atom is 0.339 e. The minimum atomic E-state index is -1.22. The molecular formula is C14H11NNaO4. The van der Waals surface area contributed by atoms with Crippen LogP contribution in [-0.2, 0) is 0 Å². The maximum absolute atomic E-state index is 11.8. The van der Waals surface area contributed by atoms with Crippen LogP contribution in [0.3, 0.4) is 0 Å². The second-order valence-electron chi connectivity index (χ2n) is 3.86. The minimum Gasteiger partial charge on any atom is -0.507 e. The average molecular weight is 280 g/mol. The van der Waals surface area contributed by atoms with Crippen LogP contribution in [0, 0.1) is 0 Å². The molecule has 0 aliphatic carbocycles. The second-order valence-corrected chi connectivity index (χ2v) is 3.86. The molecule has 0 bridgehead atoms. The van der Waals surface area contributed by atoms with E-state index in [2.05, 4.69) is 5.32 Å². The number of nitrogens with one attached hydrogen (secondary N) is 1. The average Bonchev–Trinajstić information content (AvgIpc) is 2.39. The third-order valence-corrected chi connectivity index (χ3v) is 2.52. The molecule has 2 aromatic rings. The van der Waals surface area contributed by atoms with Gasteiger partial charge in [0.2, 0.25) is 0 Å². The molecule has 0 heterocycles. The number of aromatic carboxylic acids is 1. The standard InChI is InChI=1S/C14H11NO4.Na/c16-12-8-10(6-7-11(12)14(18)19)15-13(17)9-4-2-1-3-5-9;/h1-8,16H,(H,15,17)(H,18,19);. The first kappa shape index (κ1) is 16.2. The van der Waals surface area contributed by atoms with Crippen molar-refractivity contribution in [3.63, 3.8) is 0 Å². The van der Waals surface area contributed by atoms with Crippen LogP contribution in [0.4, 0.5) is 5.69 Å². The topological polar surface area (TPSA) is 86.6 Å². The monoisotopic (exact) mass is 280 g/mol. The van der Waals surface area contributed by atoms with Gasteiger partial charge in [-0.1, -0.05) is 18.2 Å². The number of hydrogen-bond donors (Lipinski definition) is 3. The largest absolute Gasteiger partial charge is 0.507 e. The second kappa shape index (κ2) is 7.09. The number of carboxylic acids is 1. The molecule has 0 aliphatic rings. The number of amides is 1. The molecule has 5 nitrogen and oxygen atoms in total. The quantitative estimate of drug-likeness (QED) is 0.750. The molecule has 0 unspecified atom stereocenters. The van der Waals surface area contributed by atoms with Gasteiger partial charge in [-0.3, -0.25) is 4.79 Å². The van der Waals surface area contributed by atoms with E-state index in [-0.39, 0.29) is 41.0 Å². The molecule has 1 amide bonds. The Bertz CT molecular complexity index is 628. The van der Waals surface area contributed by atoms with Gasteiger partial charge >= 0.3 is 5.97 Å². The summed E-state index contributed by atoms with van der Waals surface area (Å²) in [7, 11) is 0. The molecule has 0 atom stereocenters. The fraction of sp³-hybridized carbons (Fsp3) is 0. The summed E-state index contributed by atoms with van der Waals surface area (Å²) in [4.78, 5) is 22.6. The van der Waals surface area contributed by atoms with E-state index in [0.29, 0.717) is 11.3 Å². The summed E-state index contributed by atoms with van der Waals surface area (Å²) < 4.78 is 0. The van der Waals surface area contributed by atoms with Crippen molar-refractivity contribution in [2.75, 3.05) is 5.32 Å². The molecule has 97 valence electrons. The van der Waals surface area contributed by atoms with E-state index in [1.807, 2.05) is 0 Å². The van der Waals surface area contributed by atoms with Crippen molar-refractivity contribution in [3.8, 4) is 5.75 Å². The van der Waals surface area contributed by atoms with Crippen LogP contribution < -0.4 is 5.32 Å². The van der Waals surface area contributed by atoms with Crippen LogP contribution in [0.2, 0.25) is 0 Å². The predicted molar refractivity (Wildman–Crippen MR) is 75.2 cm³/mol. The van der Waals surface area contributed by atoms with Crippen molar-refractivity contribution in [3.05, 3.63) is 59.7 Å². The smallest absolute Gasteiger partial charge is 0.339 e. The number of carboxylic acid groups (broad SMARTS) is 1. The Morgan fingerprint density at radius 3 is 2.20 bits per heavy atom. The molecule has 0 fully saturated rings. The van der Waals surface area contributed by atoms with Gasteiger partial charge < -0.3 is 15.5 Å². The molecular weight excluding hydrogens is 269 g/mol. The first-order valence-electron chi connectivity index (χ1n) is 5.50. The molecule has 0 aliphatic heterocycles. The third kappa shape index (κ3) is 3.84. The third-order valence-electron chi connectivity index (χ3n) is 2.52. The minimum absolute atomic E-state index is 0. The summed E-state index contributed by atoms with van der Waals surface area (Å²) in [6.45, 7) is 0. The van der Waals surface area contributed by atoms with Gasteiger partial charge in [-0.2, -0.15) is 0 Å². The molecule has 0 spiro atoms. The molecule has 3 N–H and O–H groups in total. The number of phenols is 1. The Labute approximate surface area is 137 Å². The Morgan fingerprint density at radius 1 is 1.00 bits per heavy atom. The van der Waals surface area contributed by atoms with E-state index < -0.39 is 11.7 Å². The van der Waals surface area contributed by atoms with Gasteiger partial charge in [-0.05, 0) is 24.3 Å². The zero-order chi connectivity index (χ0) is 13.8. The van der Waals surface area contributed by atoms with Gasteiger partial charge in [-0.25, -0.2) is 4.79 Å². The van der Waals surface area contributed by atoms with Gasteiger partial charge in [0.05, 0.1) is 0 Å². The van der Waals surface area contributed by atoms with E-state index in [0.717, 1.165) is 0 Å². The number of carbonyl (C=O) groups excluding carboxylic acids is 1. The van der Waals surface area contributed by atoms with Gasteiger partial charge in [0, 0.05) is 46.9 Å². The van der Waals surface area contributed by atoms with E-state index in [4.69, 9.17) is 5.11 Å². The van der Waals surface area contributed by atoms with Crippen LogP contribution in [0.5, 0.6) is 5.75 Å². The van der Waals surface area contributed by atoms with Crippen molar-refractivity contribution in [2.24, 2.45) is 0 Å². The molecule has 6 heteroatoms. The van der Waals surface area contributed by atoms with Gasteiger partial charge in [-0.15, -0.1) is 0 Å². The Hall–Kier alpha value is -1.82. The van der Waals surface area contributed by atoms with Crippen molar-refractivity contribution in [2.45, 2.75) is 0 Å². The molecule has 2 rings (SSSR count). The number of carbonyl (C=O) groups is 2. The number of benzene rings is 2. The van der Waals surface area contributed by atoms with Crippen LogP contribution in [0.25, 0.3) is 0 Å². The van der Waals surface area contributed by atoms with Crippen molar-refractivity contribution in [1.29, 1.82) is 0 Å². The number of anilines is 1. The Kier molecular flexibility index (Phi) is 5.76. The molecule has 2 aromatic carbocycles. The summed E-state index contributed by atoms with van der Waals surface area (Å²) >= 11 is 0. The Balaban J connectivity index is 0.00000200.